The van der Waals surface area contributed by atoms with Crippen molar-refractivity contribution in [2.24, 2.45) is 5.73 Å². The zero-order valence-corrected chi connectivity index (χ0v) is 12.1. The smallest absolute Gasteiger partial charge is 0.169 e. The molecule has 0 bridgehead atoms. The lowest BCUT2D eigenvalue weighted by Gasteiger charge is -2.12. The Kier molecular flexibility index (Phi) is 4.67. The predicted molar refractivity (Wildman–Crippen MR) is 81.5 cm³/mol. The molecule has 2 aromatic rings. The van der Waals surface area contributed by atoms with Gasteiger partial charge in [-0.05, 0) is 29.8 Å². The lowest BCUT2D eigenvalue weighted by molar-refractivity contribution is 0.280. The first-order valence-electron chi connectivity index (χ1n) is 6.14. The molecule has 0 heterocycles. The molecule has 6 heteroatoms. The maximum atomic E-state index is 9.11. The van der Waals surface area contributed by atoms with Crippen molar-refractivity contribution in [3.8, 4) is 17.2 Å². The van der Waals surface area contributed by atoms with Gasteiger partial charge in [0, 0.05) is 11.6 Å². The van der Waals surface area contributed by atoms with Crippen molar-refractivity contribution in [3.05, 3.63) is 52.5 Å². The molecule has 0 amide bonds. The van der Waals surface area contributed by atoms with Gasteiger partial charge >= 0.3 is 0 Å². The molecule has 110 valence electrons. The van der Waals surface area contributed by atoms with Gasteiger partial charge in [-0.1, -0.05) is 17.7 Å². The standard InChI is InChI=1S/C15H15ClN2O3/c1-20-14-6-9(8-19)2-5-13(14)21-10-3-4-11(15(17)18)12(16)7-10/h2-7,19H,8H2,1H3,(H3,17,18). The van der Waals surface area contributed by atoms with Gasteiger partial charge in [-0.15, -0.1) is 0 Å². The molecular weight excluding hydrogens is 292 g/mol. The number of hydrogen-bond acceptors (Lipinski definition) is 4. The molecule has 21 heavy (non-hydrogen) atoms. The highest BCUT2D eigenvalue weighted by atomic mass is 35.5. The van der Waals surface area contributed by atoms with E-state index in [2.05, 4.69) is 0 Å². The van der Waals surface area contributed by atoms with Gasteiger partial charge in [0.25, 0.3) is 0 Å². The highest BCUT2D eigenvalue weighted by Crippen LogP contribution is 2.33. The van der Waals surface area contributed by atoms with Gasteiger partial charge in [-0.3, -0.25) is 5.41 Å². The minimum absolute atomic E-state index is 0.0736. The largest absolute Gasteiger partial charge is 0.493 e. The van der Waals surface area contributed by atoms with Crippen molar-refractivity contribution in [1.29, 1.82) is 5.41 Å². The second-order valence-corrected chi connectivity index (χ2v) is 4.71. The summed E-state index contributed by atoms with van der Waals surface area (Å²) in [4.78, 5) is 0. The summed E-state index contributed by atoms with van der Waals surface area (Å²) in [5.41, 5.74) is 6.59. The molecule has 0 fully saturated rings. The van der Waals surface area contributed by atoms with Crippen molar-refractivity contribution in [3.63, 3.8) is 0 Å². The molecular formula is C15H15ClN2O3. The fourth-order valence-corrected chi connectivity index (χ4v) is 2.07. The summed E-state index contributed by atoms with van der Waals surface area (Å²) in [7, 11) is 1.52. The van der Waals surface area contributed by atoms with Crippen molar-refractivity contribution < 1.29 is 14.6 Å². The number of nitrogens with two attached hydrogens (primary N) is 1. The summed E-state index contributed by atoms with van der Waals surface area (Å²) in [6.45, 7) is -0.0736. The summed E-state index contributed by atoms with van der Waals surface area (Å²) < 4.78 is 10.9. The van der Waals surface area contributed by atoms with E-state index in [1.807, 2.05) is 0 Å². The van der Waals surface area contributed by atoms with Crippen LogP contribution in [-0.4, -0.2) is 18.1 Å². The zero-order chi connectivity index (χ0) is 15.4. The van der Waals surface area contributed by atoms with E-state index in [-0.39, 0.29) is 12.4 Å². The second-order valence-electron chi connectivity index (χ2n) is 4.30. The minimum Gasteiger partial charge on any atom is -0.493 e. The summed E-state index contributed by atoms with van der Waals surface area (Å²) in [5, 5.41) is 16.8. The van der Waals surface area contributed by atoms with Crippen molar-refractivity contribution in [2.45, 2.75) is 6.61 Å². The third-order valence-electron chi connectivity index (χ3n) is 2.87. The summed E-state index contributed by atoms with van der Waals surface area (Å²) in [6, 6.07) is 10.0. The molecule has 4 N–H and O–H groups in total. The molecule has 0 aliphatic carbocycles. The molecule has 5 nitrogen and oxygen atoms in total. The van der Waals surface area contributed by atoms with Crippen molar-refractivity contribution >= 4 is 17.4 Å². The quantitative estimate of drug-likeness (QED) is 0.585. The number of halogens is 1. The molecule has 0 spiro atoms. The van der Waals surface area contributed by atoms with E-state index in [0.717, 1.165) is 5.56 Å². The molecule has 2 aromatic carbocycles. The topological polar surface area (TPSA) is 88.6 Å². The number of aliphatic hydroxyl groups excluding tert-OH is 1. The van der Waals surface area contributed by atoms with E-state index in [0.29, 0.717) is 27.8 Å². The van der Waals surface area contributed by atoms with Crippen LogP contribution in [0.2, 0.25) is 5.02 Å². The minimum atomic E-state index is -0.101. The Bertz CT molecular complexity index is 674. The van der Waals surface area contributed by atoms with Gasteiger partial charge in [0.15, 0.2) is 11.5 Å². The van der Waals surface area contributed by atoms with Gasteiger partial charge in [-0.2, -0.15) is 0 Å². The maximum absolute atomic E-state index is 9.11. The van der Waals surface area contributed by atoms with Crippen LogP contribution in [0.1, 0.15) is 11.1 Å². The summed E-state index contributed by atoms with van der Waals surface area (Å²) in [6.07, 6.45) is 0. The van der Waals surface area contributed by atoms with Crippen LogP contribution in [0, 0.1) is 5.41 Å². The number of nitrogens with one attached hydrogen (secondary N) is 1. The van der Waals surface area contributed by atoms with E-state index in [9.17, 15) is 0 Å². The monoisotopic (exact) mass is 306 g/mol. The molecule has 0 saturated heterocycles. The molecule has 0 saturated carbocycles. The Morgan fingerprint density at radius 1 is 1.24 bits per heavy atom. The molecule has 0 radical (unpaired) electrons. The van der Waals surface area contributed by atoms with Gasteiger partial charge in [0.2, 0.25) is 0 Å². The van der Waals surface area contributed by atoms with Crippen molar-refractivity contribution in [1.82, 2.24) is 0 Å². The number of methoxy groups -OCH3 is 1. The van der Waals surface area contributed by atoms with E-state index >= 15 is 0 Å². The van der Waals surface area contributed by atoms with Crippen LogP contribution in [0.15, 0.2) is 36.4 Å². The third kappa shape index (κ3) is 3.45. The maximum Gasteiger partial charge on any atom is 0.169 e. The van der Waals surface area contributed by atoms with E-state index in [1.165, 1.54) is 7.11 Å². The first kappa shape index (κ1) is 15.2. The SMILES string of the molecule is COc1cc(CO)ccc1Oc1ccc(C(=N)N)c(Cl)c1. The average Bonchev–Trinajstić information content (AvgIpc) is 2.47. The number of benzene rings is 2. The lowest BCUT2D eigenvalue weighted by atomic mass is 10.2. The van der Waals surface area contributed by atoms with Crippen LogP contribution in [0.25, 0.3) is 0 Å². The van der Waals surface area contributed by atoms with E-state index < -0.39 is 0 Å². The summed E-state index contributed by atoms with van der Waals surface area (Å²) in [5.74, 6) is 1.41. The number of rotatable bonds is 5. The number of ether oxygens (including phenoxy) is 2. The Labute approximate surface area is 127 Å². The molecule has 0 aliphatic heterocycles. The van der Waals surface area contributed by atoms with Crippen LogP contribution >= 0.6 is 11.6 Å². The van der Waals surface area contributed by atoms with Gasteiger partial charge < -0.3 is 20.3 Å². The highest BCUT2D eigenvalue weighted by molar-refractivity contribution is 6.34. The normalized spacial score (nSPS) is 10.2. The average molecular weight is 307 g/mol. The van der Waals surface area contributed by atoms with Gasteiger partial charge in [0.05, 0.1) is 18.7 Å². The first-order valence-corrected chi connectivity index (χ1v) is 6.52. The number of nitrogen functional groups attached to an aromatic ring is 1. The summed E-state index contributed by atoms with van der Waals surface area (Å²) >= 11 is 6.05. The van der Waals surface area contributed by atoms with Crippen molar-refractivity contribution in [2.75, 3.05) is 7.11 Å². The highest BCUT2D eigenvalue weighted by Gasteiger charge is 2.09. The molecule has 0 aromatic heterocycles. The fourth-order valence-electron chi connectivity index (χ4n) is 1.80. The Morgan fingerprint density at radius 3 is 2.57 bits per heavy atom. The van der Waals surface area contributed by atoms with Gasteiger partial charge in [-0.25, -0.2) is 0 Å². The first-order chi connectivity index (χ1) is 10.0. The second kappa shape index (κ2) is 6.47. The molecule has 0 aliphatic rings. The molecule has 0 unspecified atom stereocenters. The molecule has 2 rings (SSSR count). The van der Waals surface area contributed by atoms with Crippen LogP contribution in [-0.2, 0) is 6.61 Å². The number of amidine groups is 1. The molecule has 0 atom stereocenters. The zero-order valence-electron chi connectivity index (χ0n) is 11.4. The number of aliphatic hydroxyl groups is 1. The fraction of sp³-hybridized carbons (Fsp3) is 0.133. The van der Waals surface area contributed by atoms with E-state index in [1.54, 1.807) is 36.4 Å². The van der Waals surface area contributed by atoms with E-state index in [4.69, 9.17) is 37.3 Å². The predicted octanol–water partition coefficient (Wildman–Crippen LogP) is 2.92. The number of hydrogen-bond donors (Lipinski definition) is 3. The Morgan fingerprint density at radius 2 is 2.00 bits per heavy atom. The van der Waals surface area contributed by atoms with Gasteiger partial charge in [0.1, 0.15) is 11.6 Å². The van der Waals surface area contributed by atoms with Crippen LogP contribution < -0.4 is 15.2 Å². The van der Waals surface area contributed by atoms with Crippen LogP contribution in [0.3, 0.4) is 0 Å². The lowest BCUT2D eigenvalue weighted by Crippen LogP contribution is -2.11. The Hall–Kier alpha value is -2.24. The van der Waals surface area contributed by atoms with Crippen LogP contribution in [0.5, 0.6) is 17.2 Å². The third-order valence-corrected chi connectivity index (χ3v) is 3.18. The van der Waals surface area contributed by atoms with Crippen LogP contribution in [0.4, 0.5) is 0 Å². The Balaban J connectivity index is 2.30.